The van der Waals surface area contributed by atoms with Gasteiger partial charge >= 0.3 is 0 Å². The van der Waals surface area contributed by atoms with Gasteiger partial charge in [-0.15, -0.1) is 0 Å². The predicted octanol–water partition coefficient (Wildman–Crippen LogP) is 2.30. The van der Waals surface area contributed by atoms with Crippen molar-refractivity contribution >= 4 is 10.2 Å². The van der Waals surface area contributed by atoms with E-state index in [-0.39, 0.29) is 12.4 Å². The summed E-state index contributed by atoms with van der Waals surface area (Å²) < 4.78 is 46.7. The Morgan fingerprint density at radius 1 is 1.26 bits per heavy atom. The quantitative estimate of drug-likeness (QED) is 0.782. The van der Waals surface area contributed by atoms with Crippen LogP contribution in [0.1, 0.15) is 28.6 Å². The molecule has 0 saturated carbocycles. The third-order valence-electron chi connectivity index (χ3n) is 4.48. The average molecular weight is 393 g/mol. The van der Waals surface area contributed by atoms with E-state index in [0.717, 1.165) is 16.8 Å². The Hall–Kier alpha value is -1.87. The summed E-state index contributed by atoms with van der Waals surface area (Å²) in [7, 11) is -0.466. The number of hydrogen-bond donors (Lipinski definition) is 0. The van der Waals surface area contributed by atoms with Crippen LogP contribution in [-0.4, -0.2) is 55.8 Å². The highest BCUT2D eigenvalue weighted by atomic mass is 32.2. The van der Waals surface area contributed by atoms with Crippen LogP contribution in [0.25, 0.3) is 0 Å². The molecule has 0 aliphatic carbocycles. The first kappa shape index (κ1) is 19.9. The van der Waals surface area contributed by atoms with Crippen molar-refractivity contribution < 1.29 is 17.5 Å². The lowest BCUT2D eigenvalue weighted by molar-refractivity contribution is -0.00633. The zero-order valence-electron chi connectivity index (χ0n) is 15.7. The molecule has 2 aromatic rings. The predicted molar refractivity (Wildman–Crippen MR) is 101 cm³/mol. The highest BCUT2D eigenvalue weighted by Gasteiger charge is 2.32. The first-order valence-electron chi connectivity index (χ1n) is 8.77. The number of aromatic nitrogens is 1. The van der Waals surface area contributed by atoms with Gasteiger partial charge in [-0.05, 0) is 48.7 Å². The molecule has 1 aliphatic rings. The van der Waals surface area contributed by atoms with Gasteiger partial charge in [-0.2, -0.15) is 17.0 Å². The number of benzene rings is 1. The van der Waals surface area contributed by atoms with Crippen LogP contribution in [0, 0.1) is 12.7 Å². The molecule has 0 bridgehead atoms. The van der Waals surface area contributed by atoms with Crippen molar-refractivity contribution in [2.75, 3.05) is 33.8 Å². The van der Waals surface area contributed by atoms with Crippen LogP contribution in [0.2, 0.25) is 0 Å². The highest BCUT2D eigenvalue weighted by Crippen LogP contribution is 2.25. The number of morpholine rings is 1. The SMILES string of the molecule is Cc1cc(Cc2cccc(F)c2)cc([C@@H]2CN(S(=O)(=O)N(C)C)CCO2)n1. The van der Waals surface area contributed by atoms with Crippen LogP contribution in [0.4, 0.5) is 4.39 Å². The van der Waals surface area contributed by atoms with E-state index >= 15 is 0 Å². The van der Waals surface area contributed by atoms with Crippen LogP contribution in [0.3, 0.4) is 0 Å². The van der Waals surface area contributed by atoms with Crippen molar-refractivity contribution in [2.24, 2.45) is 0 Å². The Bertz CT molecular complexity index is 918. The van der Waals surface area contributed by atoms with Crippen molar-refractivity contribution in [1.82, 2.24) is 13.6 Å². The lowest BCUT2D eigenvalue weighted by atomic mass is 10.0. The van der Waals surface area contributed by atoms with E-state index in [1.165, 1.54) is 34.8 Å². The summed E-state index contributed by atoms with van der Waals surface area (Å²) in [4.78, 5) is 4.54. The van der Waals surface area contributed by atoms with Crippen LogP contribution in [0.5, 0.6) is 0 Å². The van der Waals surface area contributed by atoms with Crippen LogP contribution >= 0.6 is 0 Å². The van der Waals surface area contributed by atoms with Gasteiger partial charge in [0.1, 0.15) is 11.9 Å². The number of hydrogen-bond acceptors (Lipinski definition) is 4. The molecule has 1 saturated heterocycles. The van der Waals surface area contributed by atoms with Crippen LogP contribution < -0.4 is 0 Å². The van der Waals surface area contributed by atoms with Crippen molar-refractivity contribution in [3.05, 3.63) is 64.7 Å². The molecule has 27 heavy (non-hydrogen) atoms. The first-order valence-corrected chi connectivity index (χ1v) is 10.2. The summed E-state index contributed by atoms with van der Waals surface area (Å²) in [6, 6.07) is 10.4. The van der Waals surface area contributed by atoms with Crippen molar-refractivity contribution in [2.45, 2.75) is 19.4 Å². The molecular formula is C19H24FN3O3S. The summed E-state index contributed by atoms with van der Waals surface area (Å²) in [6.07, 6.45) is 0.139. The molecule has 1 atom stereocenters. The van der Waals surface area contributed by atoms with E-state index in [4.69, 9.17) is 4.74 Å². The second-order valence-corrected chi connectivity index (χ2v) is 9.00. The number of halogens is 1. The van der Waals surface area contributed by atoms with E-state index < -0.39 is 16.3 Å². The molecule has 1 aromatic heterocycles. The molecule has 6 nitrogen and oxygen atoms in total. The lowest BCUT2D eigenvalue weighted by Gasteiger charge is -2.33. The maximum atomic E-state index is 13.4. The van der Waals surface area contributed by atoms with Gasteiger partial charge in [0.2, 0.25) is 0 Å². The molecule has 0 N–H and O–H groups in total. The van der Waals surface area contributed by atoms with Gasteiger partial charge in [-0.1, -0.05) is 12.1 Å². The highest BCUT2D eigenvalue weighted by molar-refractivity contribution is 7.86. The Morgan fingerprint density at radius 2 is 2.04 bits per heavy atom. The number of rotatable bonds is 5. The van der Waals surface area contributed by atoms with E-state index in [1.807, 2.05) is 25.1 Å². The Kier molecular flexibility index (Phi) is 5.90. The van der Waals surface area contributed by atoms with Gasteiger partial charge in [-0.25, -0.2) is 4.39 Å². The zero-order valence-corrected chi connectivity index (χ0v) is 16.5. The van der Waals surface area contributed by atoms with Gasteiger partial charge in [0, 0.05) is 32.9 Å². The summed E-state index contributed by atoms with van der Waals surface area (Å²) in [5.41, 5.74) is 3.36. The standard InChI is InChI=1S/C19H24FN3O3S/c1-14-9-16(10-15-5-4-6-17(20)11-15)12-18(21-14)19-13-23(7-8-26-19)27(24,25)22(2)3/h4-6,9,11-12,19H,7-8,10,13H2,1-3H3/t19-/m0/s1. The fourth-order valence-electron chi connectivity index (χ4n) is 3.16. The molecule has 1 aromatic carbocycles. The molecule has 1 fully saturated rings. The second-order valence-electron chi connectivity index (χ2n) is 6.86. The molecular weight excluding hydrogens is 369 g/mol. The molecule has 3 rings (SSSR count). The molecule has 0 spiro atoms. The number of pyridine rings is 1. The lowest BCUT2D eigenvalue weighted by Crippen LogP contribution is -2.47. The van der Waals surface area contributed by atoms with Gasteiger partial charge in [0.15, 0.2) is 0 Å². The van der Waals surface area contributed by atoms with E-state index in [2.05, 4.69) is 4.98 Å². The average Bonchev–Trinajstić information content (AvgIpc) is 2.61. The minimum absolute atomic E-state index is 0.219. The summed E-state index contributed by atoms with van der Waals surface area (Å²) in [5, 5.41) is 0. The monoisotopic (exact) mass is 393 g/mol. The molecule has 8 heteroatoms. The number of aryl methyl sites for hydroxylation is 1. The van der Waals surface area contributed by atoms with E-state index in [0.29, 0.717) is 25.3 Å². The van der Waals surface area contributed by atoms with Crippen LogP contribution in [-0.2, 0) is 21.4 Å². The van der Waals surface area contributed by atoms with E-state index in [1.54, 1.807) is 6.07 Å². The maximum absolute atomic E-state index is 13.4. The molecule has 1 aliphatic heterocycles. The third-order valence-corrected chi connectivity index (χ3v) is 6.38. The van der Waals surface area contributed by atoms with Crippen molar-refractivity contribution in [3.8, 4) is 0 Å². The minimum Gasteiger partial charge on any atom is -0.369 e. The Labute approximate surface area is 159 Å². The van der Waals surface area contributed by atoms with Crippen LogP contribution in [0.15, 0.2) is 36.4 Å². The Morgan fingerprint density at radius 3 is 2.74 bits per heavy atom. The van der Waals surface area contributed by atoms with Crippen molar-refractivity contribution in [1.29, 1.82) is 0 Å². The number of ether oxygens (including phenoxy) is 1. The largest absolute Gasteiger partial charge is 0.369 e. The molecule has 0 unspecified atom stereocenters. The minimum atomic E-state index is -3.50. The van der Waals surface area contributed by atoms with Crippen molar-refractivity contribution in [3.63, 3.8) is 0 Å². The second kappa shape index (κ2) is 8.02. The van der Waals surface area contributed by atoms with Gasteiger partial charge in [-0.3, -0.25) is 4.98 Å². The smallest absolute Gasteiger partial charge is 0.281 e. The Balaban J connectivity index is 1.83. The fourth-order valence-corrected chi connectivity index (χ4v) is 4.25. The normalized spacial score (nSPS) is 18.8. The van der Waals surface area contributed by atoms with Gasteiger partial charge in [0.25, 0.3) is 10.2 Å². The molecule has 2 heterocycles. The van der Waals surface area contributed by atoms with Gasteiger partial charge in [0.05, 0.1) is 12.3 Å². The molecule has 146 valence electrons. The number of nitrogens with zero attached hydrogens (tertiary/aromatic N) is 3. The summed E-state index contributed by atoms with van der Waals surface area (Å²) >= 11 is 0. The topological polar surface area (TPSA) is 62.7 Å². The first-order chi connectivity index (χ1) is 12.8. The summed E-state index contributed by atoms with van der Waals surface area (Å²) in [5.74, 6) is -0.265. The van der Waals surface area contributed by atoms with Gasteiger partial charge < -0.3 is 4.74 Å². The summed E-state index contributed by atoms with van der Waals surface area (Å²) in [6.45, 7) is 2.73. The fraction of sp³-hybridized carbons (Fsp3) is 0.421. The zero-order chi connectivity index (χ0) is 19.6. The van der Waals surface area contributed by atoms with E-state index in [9.17, 15) is 12.8 Å². The maximum Gasteiger partial charge on any atom is 0.281 e. The molecule has 0 radical (unpaired) electrons. The third kappa shape index (κ3) is 4.70. The molecule has 0 amide bonds.